The van der Waals surface area contributed by atoms with Gasteiger partial charge in [-0.3, -0.25) is 15.1 Å². The number of hydrogen-bond acceptors (Lipinski definition) is 7. The number of allylic oxidation sites excluding steroid dienone is 3. The summed E-state index contributed by atoms with van der Waals surface area (Å²) in [5.41, 5.74) is 5.91. The van der Waals surface area contributed by atoms with E-state index in [9.17, 15) is 14.9 Å². The summed E-state index contributed by atoms with van der Waals surface area (Å²) in [6, 6.07) is 20.0. The standard InChI is InChI=1S/C32H29N5O4/c1-21-29(27-10-3-4-15-33-27)31(25-8-5-9-26(20-25)37(39)40)30(22(2)36-21)32(38)41-18-6-7-23-11-13-24(14-12-23)19-28-34-16-17-35-28/h3-17,20,31,36H,18-19H2,1-2H3,(H,34,35)/b7-6-. The van der Waals surface area contributed by atoms with Crippen molar-refractivity contribution >= 4 is 23.3 Å². The summed E-state index contributed by atoms with van der Waals surface area (Å²) in [5, 5.41) is 14.9. The smallest absolute Gasteiger partial charge is 0.337 e. The van der Waals surface area contributed by atoms with Gasteiger partial charge in [-0.2, -0.15) is 0 Å². The molecule has 1 atom stereocenters. The number of nitrogens with zero attached hydrogens (tertiary/aromatic N) is 3. The third kappa shape index (κ3) is 6.30. The van der Waals surface area contributed by atoms with E-state index in [0.717, 1.165) is 34.6 Å². The van der Waals surface area contributed by atoms with Gasteiger partial charge in [0.05, 0.1) is 16.2 Å². The van der Waals surface area contributed by atoms with E-state index in [1.807, 2.05) is 55.5 Å². The number of dihydropyridines is 1. The van der Waals surface area contributed by atoms with Crippen LogP contribution in [0.1, 0.15) is 48.0 Å². The van der Waals surface area contributed by atoms with Gasteiger partial charge in [0.15, 0.2) is 0 Å². The topological polar surface area (TPSA) is 123 Å². The molecule has 0 spiro atoms. The summed E-state index contributed by atoms with van der Waals surface area (Å²) in [7, 11) is 0. The molecule has 1 aliphatic rings. The molecule has 0 aliphatic carbocycles. The molecule has 0 radical (unpaired) electrons. The van der Waals surface area contributed by atoms with Crippen LogP contribution in [-0.4, -0.2) is 32.5 Å². The SMILES string of the molecule is CC1=C(C(=O)OC/C=C\c2ccc(Cc3ncc[nH]3)cc2)C(c2cccc([N+](=O)[O-])c2)C(c2ccccn2)=C(C)N1. The van der Waals surface area contributed by atoms with Crippen LogP contribution in [-0.2, 0) is 16.0 Å². The van der Waals surface area contributed by atoms with Gasteiger partial charge in [-0.25, -0.2) is 9.78 Å². The Labute approximate surface area is 237 Å². The number of nitro benzene ring substituents is 1. The van der Waals surface area contributed by atoms with Gasteiger partial charge >= 0.3 is 5.97 Å². The summed E-state index contributed by atoms with van der Waals surface area (Å²) in [6.07, 6.45) is 9.62. The number of carbonyl (C=O) groups excluding carboxylic acids is 1. The summed E-state index contributed by atoms with van der Waals surface area (Å²) in [6.45, 7) is 3.77. The van der Waals surface area contributed by atoms with Crippen LogP contribution < -0.4 is 5.32 Å². The Hall–Kier alpha value is -5.31. The molecule has 2 N–H and O–H groups in total. The summed E-state index contributed by atoms with van der Waals surface area (Å²) < 4.78 is 5.70. The van der Waals surface area contributed by atoms with Gasteiger partial charge in [-0.15, -0.1) is 0 Å². The zero-order chi connectivity index (χ0) is 28.8. The van der Waals surface area contributed by atoms with Gasteiger partial charge in [0.1, 0.15) is 12.4 Å². The molecule has 1 unspecified atom stereocenters. The minimum Gasteiger partial charge on any atom is -0.458 e. The van der Waals surface area contributed by atoms with Crippen molar-refractivity contribution in [1.82, 2.24) is 20.3 Å². The molecule has 2 aromatic carbocycles. The van der Waals surface area contributed by atoms with Crippen molar-refractivity contribution in [2.75, 3.05) is 6.61 Å². The van der Waals surface area contributed by atoms with Crippen molar-refractivity contribution in [3.63, 3.8) is 0 Å². The maximum absolute atomic E-state index is 13.6. The van der Waals surface area contributed by atoms with Crippen LogP contribution in [0.5, 0.6) is 0 Å². The molecule has 2 aromatic heterocycles. The Morgan fingerprint density at radius 2 is 1.85 bits per heavy atom. The van der Waals surface area contributed by atoms with Crippen molar-refractivity contribution in [2.24, 2.45) is 0 Å². The molecule has 9 heteroatoms. The molecule has 5 rings (SSSR count). The number of aromatic nitrogens is 3. The van der Waals surface area contributed by atoms with E-state index in [2.05, 4.69) is 20.3 Å². The van der Waals surface area contributed by atoms with E-state index in [4.69, 9.17) is 4.74 Å². The van der Waals surface area contributed by atoms with E-state index in [0.29, 0.717) is 22.5 Å². The number of hydrogen-bond donors (Lipinski definition) is 2. The Morgan fingerprint density at radius 1 is 1.02 bits per heavy atom. The molecular formula is C32H29N5O4. The van der Waals surface area contributed by atoms with Crippen LogP contribution in [0, 0.1) is 10.1 Å². The lowest BCUT2D eigenvalue weighted by atomic mass is 9.79. The first-order chi connectivity index (χ1) is 19.9. The number of imidazole rings is 1. The quantitative estimate of drug-likeness (QED) is 0.151. The Morgan fingerprint density at radius 3 is 2.56 bits per heavy atom. The number of aromatic amines is 1. The molecule has 0 bridgehead atoms. The molecule has 41 heavy (non-hydrogen) atoms. The van der Waals surface area contributed by atoms with Crippen LogP contribution >= 0.6 is 0 Å². The molecule has 1 aliphatic heterocycles. The van der Waals surface area contributed by atoms with E-state index in [1.54, 1.807) is 43.7 Å². The summed E-state index contributed by atoms with van der Waals surface area (Å²) in [5.74, 6) is -0.211. The van der Waals surface area contributed by atoms with Crippen molar-refractivity contribution in [3.05, 3.63) is 147 Å². The number of benzene rings is 2. The van der Waals surface area contributed by atoms with Crippen molar-refractivity contribution in [2.45, 2.75) is 26.2 Å². The highest BCUT2D eigenvalue weighted by atomic mass is 16.6. The number of carbonyl (C=O) groups is 1. The zero-order valence-electron chi connectivity index (χ0n) is 22.7. The highest BCUT2D eigenvalue weighted by Crippen LogP contribution is 2.43. The maximum atomic E-state index is 13.6. The van der Waals surface area contributed by atoms with Crippen LogP contribution in [0.15, 0.2) is 108 Å². The van der Waals surface area contributed by atoms with Gasteiger partial charge in [0.25, 0.3) is 5.69 Å². The number of ether oxygens (including phenoxy) is 1. The fraction of sp³-hybridized carbons (Fsp3) is 0.156. The van der Waals surface area contributed by atoms with Crippen LogP contribution in [0.2, 0.25) is 0 Å². The average molecular weight is 548 g/mol. The molecule has 9 nitrogen and oxygen atoms in total. The van der Waals surface area contributed by atoms with Gasteiger partial charge in [-0.05, 0) is 48.7 Å². The van der Waals surface area contributed by atoms with Crippen LogP contribution in [0.4, 0.5) is 5.69 Å². The summed E-state index contributed by atoms with van der Waals surface area (Å²) >= 11 is 0. The second-order valence-electron chi connectivity index (χ2n) is 9.66. The molecular weight excluding hydrogens is 518 g/mol. The van der Waals surface area contributed by atoms with E-state index >= 15 is 0 Å². The lowest BCUT2D eigenvalue weighted by Gasteiger charge is -2.31. The van der Waals surface area contributed by atoms with E-state index in [1.165, 1.54) is 12.1 Å². The molecule has 0 saturated heterocycles. The summed E-state index contributed by atoms with van der Waals surface area (Å²) in [4.78, 5) is 36.6. The first-order valence-electron chi connectivity index (χ1n) is 13.2. The predicted octanol–water partition coefficient (Wildman–Crippen LogP) is 5.95. The Bertz CT molecular complexity index is 1640. The second kappa shape index (κ2) is 12.3. The minimum atomic E-state index is -0.607. The number of nitro groups is 1. The van der Waals surface area contributed by atoms with Crippen molar-refractivity contribution < 1.29 is 14.5 Å². The largest absolute Gasteiger partial charge is 0.458 e. The minimum absolute atomic E-state index is 0.0532. The highest BCUT2D eigenvalue weighted by Gasteiger charge is 2.35. The fourth-order valence-corrected chi connectivity index (χ4v) is 5.00. The molecule has 4 aromatic rings. The third-order valence-corrected chi connectivity index (χ3v) is 6.86. The molecule has 3 heterocycles. The van der Waals surface area contributed by atoms with Crippen LogP contribution in [0.3, 0.4) is 0 Å². The van der Waals surface area contributed by atoms with Gasteiger partial charge in [0.2, 0.25) is 0 Å². The molecule has 206 valence electrons. The maximum Gasteiger partial charge on any atom is 0.337 e. The van der Waals surface area contributed by atoms with E-state index in [-0.39, 0.29) is 12.3 Å². The van der Waals surface area contributed by atoms with Gasteiger partial charge < -0.3 is 15.0 Å². The third-order valence-electron chi connectivity index (χ3n) is 6.86. The normalized spacial score (nSPS) is 15.2. The molecule has 0 saturated carbocycles. The predicted molar refractivity (Wildman–Crippen MR) is 156 cm³/mol. The van der Waals surface area contributed by atoms with Crippen molar-refractivity contribution in [3.8, 4) is 0 Å². The number of pyridine rings is 1. The first-order valence-corrected chi connectivity index (χ1v) is 13.2. The monoisotopic (exact) mass is 547 g/mol. The number of esters is 1. The Balaban J connectivity index is 1.36. The number of nitrogens with one attached hydrogen (secondary N) is 2. The Kier molecular flexibility index (Phi) is 8.15. The lowest BCUT2D eigenvalue weighted by Crippen LogP contribution is -2.29. The first kappa shape index (κ1) is 27.3. The molecule has 0 fully saturated rings. The number of H-pyrrole nitrogens is 1. The van der Waals surface area contributed by atoms with Crippen molar-refractivity contribution in [1.29, 1.82) is 0 Å². The fourth-order valence-electron chi connectivity index (χ4n) is 5.00. The number of non-ortho nitro benzene ring substituents is 1. The second-order valence-corrected chi connectivity index (χ2v) is 9.66. The van der Waals surface area contributed by atoms with Gasteiger partial charge in [-0.1, -0.05) is 48.5 Å². The highest BCUT2D eigenvalue weighted by molar-refractivity contribution is 5.97. The zero-order valence-corrected chi connectivity index (χ0v) is 22.7. The van der Waals surface area contributed by atoms with Gasteiger partial charge in [0, 0.05) is 60.0 Å². The lowest BCUT2D eigenvalue weighted by molar-refractivity contribution is -0.384. The van der Waals surface area contributed by atoms with E-state index < -0.39 is 16.8 Å². The average Bonchev–Trinajstić information content (AvgIpc) is 3.49. The molecule has 0 amide bonds. The van der Waals surface area contributed by atoms with Crippen LogP contribution in [0.25, 0.3) is 11.6 Å². The number of rotatable bonds is 9.